The lowest BCUT2D eigenvalue weighted by molar-refractivity contribution is -0.147. The molecule has 0 aliphatic rings. The molecule has 1 aromatic carbocycles. The van der Waals surface area contributed by atoms with Gasteiger partial charge in [-0.3, -0.25) is 4.79 Å². The average Bonchev–Trinajstić information content (AvgIpc) is 2.24. The summed E-state index contributed by atoms with van der Waals surface area (Å²) >= 11 is 0. The number of phenols is 1. The molecule has 1 unspecified atom stereocenters. The van der Waals surface area contributed by atoms with Gasteiger partial charge >= 0.3 is 5.97 Å². The lowest BCUT2D eigenvalue weighted by Gasteiger charge is -2.13. The highest BCUT2D eigenvalue weighted by atomic mass is 19.1. The Morgan fingerprint density at radius 2 is 2.24 bits per heavy atom. The van der Waals surface area contributed by atoms with Crippen molar-refractivity contribution in [2.75, 3.05) is 13.2 Å². The number of halogens is 1. The Balaban J connectivity index is 2.76. The highest BCUT2D eigenvalue weighted by Gasteiger charge is 2.19. The number of phenolic OH excluding ortho intramolecular Hbond substituents is 1. The van der Waals surface area contributed by atoms with Crippen molar-refractivity contribution in [1.29, 1.82) is 0 Å². The highest BCUT2D eigenvalue weighted by Crippen LogP contribution is 2.18. The lowest BCUT2D eigenvalue weighted by atomic mass is 9.99. The van der Waals surface area contributed by atoms with Crippen LogP contribution in [0.1, 0.15) is 12.5 Å². The molecule has 0 saturated carbocycles. The summed E-state index contributed by atoms with van der Waals surface area (Å²) in [6, 6.07) is 3.68. The molecule has 0 fully saturated rings. The number of aromatic hydroxyl groups is 1. The monoisotopic (exact) mass is 241 g/mol. The van der Waals surface area contributed by atoms with Gasteiger partial charge in [-0.25, -0.2) is 4.39 Å². The second-order valence-electron chi connectivity index (χ2n) is 3.71. The number of hydrogen-bond acceptors (Lipinski definition) is 4. The topological polar surface area (TPSA) is 72.5 Å². The summed E-state index contributed by atoms with van der Waals surface area (Å²) in [6.45, 7) is 2.11. The first-order valence-electron chi connectivity index (χ1n) is 5.42. The predicted molar refractivity (Wildman–Crippen MR) is 60.9 cm³/mol. The number of hydrogen-bond donors (Lipinski definition) is 2. The summed E-state index contributed by atoms with van der Waals surface area (Å²) in [6.07, 6.45) is 0.251. The van der Waals surface area contributed by atoms with Crippen LogP contribution in [-0.4, -0.2) is 24.2 Å². The molecule has 0 saturated heterocycles. The third-order valence-electron chi connectivity index (χ3n) is 2.33. The maximum atomic E-state index is 13.0. The predicted octanol–water partition coefficient (Wildman–Crippen LogP) is 1.21. The van der Waals surface area contributed by atoms with Gasteiger partial charge in [-0.2, -0.15) is 0 Å². The van der Waals surface area contributed by atoms with Crippen LogP contribution in [0, 0.1) is 11.7 Å². The van der Waals surface area contributed by atoms with Gasteiger partial charge in [0.05, 0.1) is 12.5 Å². The third-order valence-corrected chi connectivity index (χ3v) is 2.33. The van der Waals surface area contributed by atoms with Crippen molar-refractivity contribution in [3.05, 3.63) is 29.6 Å². The maximum absolute atomic E-state index is 13.0. The van der Waals surface area contributed by atoms with Gasteiger partial charge in [0, 0.05) is 12.6 Å². The van der Waals surface area contributed by atoms with Gasteiger partial charge in [-0.1, -0.05) is 0 Å². The Bertz CT molecular complexity index is 375. The van der Waals surface area contributed by atoms with E-state index in [1.54, 1.807) is 6.92 Å². The summed E-state index contributed by atoms with van der Waals surface area (Å²) in [7, 11) is 0. The van der Waals surface area contributed by atoms with E-state index < -0.39 is 17.7 Å². The Kier molecular flexibility index (Phi) is 4.90. The average molecular weight is 241 g/mol. The SMILES string of the molecule is CCOC(=O)C(CN)Cc1cc(O)cc(F)c1. The van der Waals surface area contributed by atoms with E-state index in [0.717, 1.165) is 6.07 Å². The zero-order chi connectivity index (χ0) is 12.8. The van der Waals surface area contributed by atoms with Crippen LogP contribution in [0.4, 0.5) is 4.39 Å². The normalized spacial score (nSPS) is 12.2. The fourth-order valence-corrected chi connectivity index (χ4v) is 1.56. The quantitative estimate of drug-likeness (QED) is 0.760. The van der Waals surface area contributed by atoms with Crippen LogP contribution in [0.25, 0.3) is 0 Å². The molecular formula is C12H16FNO3. The number of carbonyl (C=O) groups is 1. The zero-order valence-electron chi connectivity index (χ0n) is 9.65. The van der Waals surface area contributed by atoms with E-state index in [1.165, 1.54) is 12.1 Å². The number of esters is 1. The standard InChI is InChI=1S/C12H16FNO3/c1-2-17-12(16)9(7-14)3-8-4-10(13)6-11(15)5-8/h4-6,9,15H,2-3,7,14H2,1H3. The molecule has 0 amide bonds. The van der Waals surface area contributed by atoms with Crippen LogP contribution in [-0.2, 0) is 16.0 Å². The largest absolute Gasteiger partial charge is 0.508 e. The first-order chi connectivity index (χ1) is 8.06. The van der Waals surface area contributed by atoms with E-state index in [0.29, 0.717) is 5.56 Å². The van der Waals surface area contributed by atoms with Gasteiger partial charge in [0.1, 0.15) is 11.6 Å². The summed E-state index contributed by atoms with van der Waals surface area (Å²) < 4.78 is 17.9. The Morgan fingerprint density at radius 1 is 1.53 bits per heavy atom. The van der Waals surface area contributed by atoms with Crippen LogP contribution in [0.15, 0.2) is 18.2 Å². The van der Waals surface area contributed by atoms with Crippen molar-refractivity contribution < 1.29 is 19.0 Å². The molecule has 1 rings (SSSR count). The molecule has 0 bridgehead atoms. The maximum Gasteiger partial charge on any atom is 0.310 e. The van der Waals surface area contributed by atoms with Crippen LogP contribution in [0.2, 0.25) is 0 Å². The van der Waals surface area contributed by atoms with E-state index in [2.05, 4.69) is 0 Å². The second-order valence-corrected chi connectivity index (χ2v) is 3.71. The van der Waals surface area contributed by atoms with Gasteiger partial charge in [-0.15, -0.1) is 0 Å². The molecule has 17 heavy (non-hydrogen) atoms. The van der Waals surface area contributed by atoms with E-state index in [-0.39, 0.29) is 25.3 Å². The number of ether oxygens (including phenoxy) is 1. The molecule has 0 aromatic heterocycles. The van der Waals surface area contributed by atoms with Crippen LogP contribution < -0.4 is 5.73 Å². The van der Waals surface area contributed by atoms with Gasteiger partial charge in [0.15, 0.2) is 0 Å². The third kappa shape index (κ3) is 4.03. The molecule has 4 nitrogen and oxygen atoms in total. The van der Waals surface area contributed by atoms with Crippen molar-refractivity contribution in [2.45, 2.75) is 13.3 Å². The number of nitrogens with two attached hydrogens (primary N) is 1. The number of carbonyl (C=O) groups excluding carboxylic acids is 1. The first kappa shape index (κ1) is 13.4. The van der Waals surface area contributed by atoms with Gasteiger partial charge in [0.25, 0.3) is 0 Å². The van der Waals surface area contributed by atoms with Crippen molar-refractivity contribution in [3.8, 4) is 5.75 Å². The summed E-state index contributed by atoms with van der Waals surface area (Å²) in [5.74, 6) is -1.63. The molecular weight excluding hydrogens is 225 g/mol. The van der Waals surface area contributed by atoms with E-state index >= 15 is 0 Å². The van der Waals surface area contributed by atoms with Crippen LogP contribution in [0.3, 0.4) is 0 Å². The zero-order valence-corrected chi connectivity index (χ0v) is 9.65. The smallest absolute Gasteiger partial charge is 0.310 e. The molecule has 3 N–H and O–H groups in total. The molecule has 5 heteroatoms. The summed E-state index contributed by atoms with van der Waals surface area (Å²) in [5.41, 5.74) is 5.99. The minimum absolute atomic E-state index is 0.121. The number of benzene rings is 1. The van der Waals surface area contributed by atoms with Crippen molar-refractivity contribution >= 4 is 5.97 Å². The van der Waals surface area contributed by atoms with Crippen LogP contribution in [0.5, 0.6) is 5.75 Å². The molecule has 0 spiro atoms. The van der Waals surface area contributed by atoms with E-state index in [9.17, 15) is 14.3 Å². The molecule has 0 aliphatic carbocycles. The Morgan fingerprint density at radius 3 is 2.76 bits per heavy atom. The second kappa shape index (κ2) is 6.20. The molecule has 1 aromatic rings. The van der Waals surface area contributed by atoms with E-state index in [4.69, 9.17) is 10.5 Å². The first-order valence-corrected chi connectivity index (χ1v) is 5.42. The van der Waals surface area contributed by atoms with Crippen LogP contribution >= 0.6 is 0 Å². The molecule has 1 atom stereocenters. The van der Waals surface area contributed by atoms with E-state index in [1.807, 2.05) is 0 Å². The van der Waals surface area contributed by atoms with Crippen molar-refractivity contribution in [1.82, 2.24) is 0 Å². The number of rotatable bonds is 5. The minimum Gasteiger partial charge on any atom is -0.508 e. The molecule has 94 valence electrons. The van der Waals surface area contributed by atoms with Crippen molar-refractivity contribution in [3.63, 3.8) is 0 Å². The lowest BCUT2D eigenvalue weighted by Crippen LogP contribution is -2.27. The molecule has 0 radical (unpaired) electrons. The summed E-state index contributed by atoms with van der Waals surface area (Å²) in [5, 5.41) is 9.23. The van der Waals surface area contributed by atoms with Gasteiger partial charge < -0.3 is 15.6 Å². The Labute approximate surface area is 99.2 Å². The summed E-state index contributed by atoms with van der Waals surface area (Å²) in [4.78, 5) is 11.5. The van der Waals surface area contributed by atoms with Gasteiger partial charge in [-0.05, 0) is 31.0 Å². The molecule has 0 heterocycles. The minimum atomic E-state index is -0.542. The van der Waals surface area contributed by atoms with Crippen molar-refractivity contribution in [2.24, 2.45) is 11.7 Å². The van der Waals surface area contributed by atoms with Gasteiger partial charge in [0.2, 0.25) is 0 Å². The Hall–Kier alpha value is -1.62. The highest BCUT2D eigenvalue weighted by molar-refractivity contribution is 5.73. The fraction of sp³-hybridized carbons (Fsp3) is 0.417. The molecule has 0 aliphatic heterocycles. The fourth-order valence-electron chi connectivity index (χ4n) is 1.56.